The van der Waals surface area contributed by atoms with Gasteiger partial charge in [-0.1, -0.05) is 6.07 Å². The van der Waals surface area contributed by atoms with Gasteiger partial charge in [0.1, 0.15) is 5.78 Å². The van der Waals surface area contributed by atoms with Crippen molar-refractivity contribution in [3.63, 3.8) is 0 Å². The zero-order valence-corrected chi connectivity index (χ0v) is 9.27. The molecule has 1 aromatic rings. The highest BCUT2D eigenvalue weighted by Crippen LogP contribution is 2.27. The molecule has 0 heterocycles. The minimum Gasteiger partial charge on any atom is -0.502 e. The van der Waals surface area contributed by atoms with Gasteiger partial charge in [-0.25, -0.2) is 0 Å². The highest BCUT2D eigenvalue weighted by atomic mass is 35.5. The second-order valence-corrected chi connectivity index (χ2v) is 3.89. The predicted molar refractivity (Wildman–Crippen MR) is 58.8 cm³/mol. The summed E-state index contributed by atoms with van der Waals surface area (Å²) in [6, 6.07) is 3.94. The Labute approximate surface area is 96.8 Å². The third kappa shape index (κ3) is 2.93. The average Bonchev–Trinajstić information content (AvgIpc) is 2.20. The van der Waals surface area contributed by atoms with Crippen LogP contribution in [0.1, 0.15) is 12.5 Å². The average molecular weight is 244 g/mol. The van der Waals surface area contributed by atoms with Crippen molar-refractivity contribution in [1.82, 2.24) is 0 Å². The van der Waals surface area contributed by atoms with Crippen LogP contribution in [0.5, 0.6) is 5.75 Å². The minimum absolute atomic E-state index is 0.197. The summed E-state index contributed by atoms with van der Waals surface area (Å²) in [5.41, 5.74) is 0.157. The number of ketones is 1. The molecule has 0 aromatic heterocycles. The van der Waals surface area contributed by atoms with Gasteiger partial charge in [0.05, 0.1) is 10.3 Å². The van der Waals surface area contributed by atoms with Gasteiger partial charge in [0.15, 0.2) is 5.75 Å². The van der Waals surface area contributed by atoms with Crippen molar-refractivity contribution >= 4 is 23.1 Å². The number of rotatable bonds is 4. The maximum Gasteiger partial charge on any atom is 0.310 e. The summed E-state index contributed by atoms with van der Waals surface area (Å²) in [6.07, 6.45) is 0.206. The lowest BCUT2D eigenvalue weighted by Crippen LogP contribution is -2.13. The molecule has 0 bridgehead atoms. The largest absolute Gasteiger partial charge is 0.502 e. The molecule has 1 unspecified atom stereocenters. The molecular weight excluding hydrogens is 234 g/mol. The van der Waals surface area contributed by atoms with E-state index in [9.17, 15) is 20.0 Å². The van der Waals surface area contributed by atoms with Crippen molar-refractivity contribution in [2.24, 2.45) is 0 Å². The van der Waals surface area contributed by atoms with Gasteiger partial charge >= 0.3 is 5.69 Å². The SMILES string of the molecule is CC(=O)C(Cl)Cc1ccc(O)c([N+](=O)[O-])c1. The first-order valence-electron chi connectivity index (χ1n) is 4.52. The van der Waals surface area contributed by atoms with Crippen LogP contribution in [0.3, 0.4) is 0 Å². The number of hydrogen-bond donors (Lipinski definition) is 1. The summed E-state index contributed by atoms with van der Waals surface area (Å²) in [5.74, 6) is -0.597. The van der Waals surface area contributed by atoms with Gasteiger partial charge in [-0.3, -0.25) is 14.9 Å². The van der Waals surface area contributed by atoms with Crippen molar-refractivity contribution in [1.29, 1.82) is 0 Å². The number of nitro groups is 1. The normalized spacial score (nSPS) is 12.1. The summed E-state index contributed by atoms with van der Waals surface area (Å²) < 4.78 is 0. The van der Waals surface area contributed by atoms with E-state index in [1.807, 2.05) is 0 Å². The van der Waals surface area contributed by atoms with E-state index in [2.05, 4.69) is 0 Å². The Hall–Kier alpha value is -1.62. The lowest BCUT2D eigenvalue weighted by molar-refractivity contribution is -0.385. The Morgan fingerprint density at radius 2 is 2.25 bits per heavy atom. The van der Waals surface area contributed by atoms with Gasteiger partial charge in [-0.15, -0.1) is 11.6 Å². The quantitative estimate of drug-likeness (QED) is 0.498. The first kappa shape index (κ1) is 12.4. The van der Waals surface area contributed by atoms with E-state index in [-0.39, 0.29) is 17.9 Å². The van der Waals surface area contributed by atoms with Crippen molar-refractivity contribution in [2.45, 2.75) is 18.7 Å². The Balaban J connectivity index is 2.95. The fourth-order valence-corrected chi connectivity index (χ4v) is 1.37. The third-order valence-corrected chi connectivity index (χ3v) is 2.55. The summed E-state index contributed by atoms with van der Waals surface area (Å²) in [5, 5.41) is 19.0. The molecule has 6 heteroatoms. The van der Waals surface area contributed by atoms with Crippen LogP contribution in [0.2, 0.25) is 0 Å². The van der Waals surface area contributed by atoms with E-state index in [0.717, 1.165) is 0 Å². The number of phenols is 1. The highest BCUT2D eigenvalue weighted by molar-refractivity contribution is 6.30. The number of nitro benzene ring substituents is 1. The van der Waals surface area contributed by atoms with E-state index in [1.54, 1.807) is 0 Å². The van der Waals surface area contributed by atoms with Gasteiger partial charge in [0.25, 0.3) is 0 Å². The number of carbonyl (C=O) groups is 1. The second-order valence-electron chi connectivity index (χ2n) is 3.36. The standard InChI is InChI=1S/C10H10ClNO4/c1-6(13)8(11)4-7-2-3-10(14)9(5-7)12(15)16/h2-3,5,8,14H,4H2,1H3. The molecule has 86 valence electrons. The van der Waals surface area contributed by atoms with Gasteiger partial charge in [-0.05, 0) is 25.0 Å². The predicted octanol–water partition coefficient (Wildman–Crippen LogP) is 2.04. The minimum atomic E-state index is -0.704. The molecule has 1 N–H and O–H groups in total. The number of carbonyl (C=O) groups excluding carboxylic acids is 1. The molecule has 0 aliphatic carbocycles. The van der Waals surface area contributed by atoms with Gasteiger partial charge in [0.2, 0.25) is 0 Å². The van der Waals surface area contributed by atoms with Crippen LogP contribution in [0, 0.1) is 10.1 Å². The Bertz CT molecular complexity index is 433. The number of hydrogen-bond acceptors (Lipinski definition) is 4. The van der Waals surface area contributed by atoms with Gasteiger partial charge in [0, 0.05) is 6.07 Å². The lowest BCUT2D eigenvalue weighted by atomic mass is 10.1. The molecule has 0 aliphatic rings. The molecule has 0 amide bonds. The topological polar surface area (TPSA) is 80.4 Å². The van der Waals surface area contributed by atoms with Crippen LogP contribution in [0.15, 0.2) is 18.2 Å². The van der Waals surface area contributed by atoms with Crippen molar-refractivity contribution in [2.75, 3.05) is 0 Å². The Kier molecular flexibility index (Phi) is 3.84. The zero-order valence-electron chi connectivity index (χ0n) is 8.51. The molecular formula is C10H10ClNO4. The summed E-state index contributed by atoms with van der Waals surface area (Å²) in [7, 11) is 0. The molecule has 1 rings (SSSR count). The first-order chi connectivity index (χ1) is 7.41. The molecule has 0 radical (unpaired) electrons. The number of phenolic OH excluding ortho intramolecular Hbond substituents is 1. The van der Waals surface area contributed by atoms with Crippen LogP contribution in [0.25, 0.3) is 0 Å². The van der Waals surface area contributed by atoms with E-state index >= 15 is 0 Å². The maximum atomic E-state index is 10.9. The number of Topliss-reactive ketones (excluding diaryl/α,β-unsaturated/α-hetero) is 1. The fraction of sp³-hybridized carbons (Fsp3) is 0.300. The Morgan fingerprint density at radius 3 is 2.75 bits per heavy atom. The molecule has 1 aromatic carbocycles. The summed E-state index contributed by atoms with van der Waals surface area (Å²) in [6.45, 7) is 1.35. The van der Waals surface area contributed by atoms with Crippen LogP contribution < -0.4 is 0 Å². The molecule has 0 aliphatic heterocycles. The molecule has 0 spiro atoms. The van der Waals surface area contributed by atoms with Crippen LogP contribution in [-0.2, 0) is 11.2 Å². The monoisotopic (exact) mass is 243 g/mol. The summed E-state index contributed by atoms with van der Waals surface area (Å²) in [4.78, 5) is 20.8. The molecule has 1 atom stereocenters. The number of aromatic hydroxyl groups is 1. The number of halogens is 1. The first-order valence-corrected chi connectivity index (χ1v) is 4.96. The highest BCUT2D eigenvalue weighted by Gasteiger charge is 2.16. The molecule has 16 heavy (non-hydrogen) atoms. The smallest absolute Gasteiger partial charge is 0.310 e. The third-order valence-electron chi connectivity index (χ3n) is 2.09. The number of benzene rings is 1. The van der Waals surface area contributed by atoms with Crippen LogP contribution in [0.4, 0.5) is 5.69 Å². The molecule has 0 fully saturated rings. The van der Waals surface area contributed by atoms with E-state index in [0.29, 0.717) is 5.56 Å². The van der Waals surface area contributed by atoms with E-state index < -0.39 is 16.0 Å². The molecule has 5 nitrogen and oxygen atoms in total. The van der Waals surface area contributed by atoms with Crippen molar-refractivity contribution < 1.29 is 14.8 Å². The van der Waals surface area contributed by atoms with Crippen molar-refractivity contribution in [3.05, 3.63) is 33.9 Å². The van der Waals surface area contributed by atoms with Gasteiger partial charge < -0.3 is 5.11 Å². The van der Waals surface area contributed by atoms with Crippen molar-refractivity contribution in [3.8, 4) is 5.75 Å². The molecule has 0 saturated heterocycles. The van der Waals surface area contributed by atoms with Crippen LogP contribution >= 0.6 is 11.6 Å². The van der Waals surface area contributed by atoms with E-state index in [4.69, 9.17) is 11.6 Å². The number of alkyl halides is 1. The van der Waals surface area contributed by atoms with E-state index in [1.165, 1.54) is 25.1 Å². The zero-order chi connectivity index (χ0) is 12.3. The second kappa shape index (κ2) is 4.94. The number of nitrogens with zero attached hydrogens (tertiary/aromatic N) is 1. The maximum absolute atomic E-state index is 10.9. The van der Waals surface area contributed by atoms with Crippen LogP contribution in [-0.4, -0.2) is 21.2 Å². The summed E-state index contributed by atoms with van der Waals surface area (Å²) >= 11 is 5.74. The lowest BCUT2D eigenvalue weighted by Gasteiger charge is -2.05. The Morgan fingerprint density at radius 1 is 1.62 bits per heavy atom. The fourth-order valence-electron chi connectivity index (χ4n) is 1.19. The van der Waals surface area contributed by atoms with Gasteiger partial charge in [-0.2, -0.15) is 0 Å². The molecule has 0 saturated carbocycles.